The Morgan fingerprint density at radius 1 is 1.31 bits per heavy atom. The molecule has 0 spiro atoms. The Morgan fingerprint density at radius 2 is 1.94 bits per heavy atom. The highest BCUT2D eigenvalue weighted by Gasteiger charge is 2.31. The van der Waals surface area contributed by atoms with Crippen LogP contribution in [0.3, 0.4) is 0 Å². The van der Waals surface area contributed by atoms with Crippen LogP contribution < -0.4 is 5.11 Å². The fourth-order valence-corrected chi connectivity index (χ4v) is 1.81. The smallest absolute Gasteiger partial charge is 0.137 e. The number of carboxylic acid groups (broad SMARTS) is 1. The second-order valence-electron chi connectivity index (χ2n) is 3.98. The fourth-order valence-electron chi connectivity index (χ4n) is 1.81. The number of hydrogen-bond acceptors (Lipinski definition) is 3. The number of nitrogens with zero attached hydrogens (tertiary/aromatic N) is 1. The van der Waals surface area contributed by atoms with Crippen LogP contribution in [0.5, 0.6) is 0 Å². The molecule has 0 aliphatic heterocycles. The molecule has 0 heterocycles. The minimum atomic E-state index is -1.21. The van der Waals surface area contributed by atoms with Gasteiger partial charge in [-0.1, -0.05) is 30.3 Å². The predicted octanol–water partition coefficient (Wildman–Crippen LogP) is 0.563. The summed E-state index contributed by atoms with van der Waals surface area (Å²) in [4.78, 5) is 23.0. The molecule has 0 unspecified atom stereocenters. The molecule has 84 valence electrons. The first kappa shape index (κ1) is 10.7. The van der Waals surface area contributed by atoms with Crippen LogP contribution in [0.4, 0.5) is 4.79 Å². The lowest BCUT2D eigenvalue weighted by molar-refractivity contribution is -0.269. The summed E-state index contributed by atoms with van der Waals surface area (Å²) < 4.78 is 0. The zero-order chi connectivity index (χ0) is 11.5. The number of amides is 1. The molecular formula is C12H12NO3-. The van der Waals surface area contributed by atoms with Gasteiger partial charge in [-0.25, -0.2) is 0 Å². The van der Waals surface area contributed by atoms with E-state index in [4.69, 9.17) is 0 Å². The Labute approximate surface area is 93.5 Å². The third-order valence-electron chi connectivity index (χ3n) is 2.80. The van der Waals surface area contributed by atoms with Crippen LogP contribution in [0, 0.1) is 0 Å². The van der Waals surface area contributed by atoms with Crippen LogP contribution in [0.25, 0.3) is 0 Å². The predicted molar refractivity (Wildman–Crippen MR) is 55.4 cm³/mol. The second kappa shape index (κ2) is 4.35. The Morgan fingerprint density at radius 3 is 2.44 bits per heavy atom. The highest BCUT2D eigenvalue weighted by atomic mass is 16.4. The van der Waals surface area contributed by atoms with Gasteiger partial charge in [0.05, 0.1) is 0 Å². The Bertz CT molecular complexity index is 394. The largest absolute Gasteiger partial charge is 0.530 e. The van der Waals surface area contributed by atoms with Crippen LogP contribution in [0.2, 0.25) is 0 Å². The first-order valence-electron chi connectivity index (χ1n) is 5.20. The standard InChI is InChI=1S/C12H13NO3/c14-11-6-10(7-11)13(12(15)16)8-9-4-2-1-3-5-9/h1-5,10H,6-8H2,(H,15,16)/p-1. The summed E-state index contributed by atoms with van der Waals surface area (Å²) in [5.74, 6) is 0.115. The first-order valence-corrected chi connectivity index (χ1v) is 5.20. The van der Waals surface area contributed by atoms with Gasteiger partial charge in [0, 0.05) is 25.4 Å². The van der Waals surface area contributed by atoms with Crippen molar-refractivity contribution in [3.05, 3.63) is 35.9 Å². The molecule has 0 N–H and O–H groups in total. The molecule has 1 aromatic carbocycles. The van der Waals surface area contributed by atoms with E-state index in [1.807, 2.05) is 30.3 Å². The number of carbonyl (C=O) groups excluding carboxylic acids is 2. The summed E-state index contributed by atoms with van der Waals surface area (Å²) in [6.07, 6.45) is -0.567. The molecule has 0 bridgehead atoms. The normalized spacial score (nSPS) is 15.6. The summed E-state index contributed by atoms with van der Waals surface area (Å²) in [6, 6.07) is 9.11. The van der Waals surface area contributed by atoms with Crippen molar-refractivity contribution in [2.45, 2.75) is 25.4 Å². The zero-order valence-corrected chi connectivity index (χ0v) is 8.76. The molecule has 0 radical (unpaired) electrons. The van der Waals surface area contributed by atoms with E-state index in [1.54, 1.807) is 0 Å². The van der Waals surface area contributed by atoms with Crippen molar-refractivity contribution in [3.8, 4) is 0 Å². The highest BCUT2D eigenvalue weighted by Crippen LogP contribution is 2.22. The summed E-state index contributed by atoms with van der Waals surface area (Å²) in [6.45, 7) is 0.293. The van der Waals surface area contributed by atoms with Crippen molar-refractivity contribution in [2.24, 2.45) is 0 Å². The topological polar surface area (TPSA) is 60.4 Å². The molecule has 0 atom stereocenters. The average molecular weight is 218 g/mol. The van der Waals surface area contributed by atoms with E-state index in [-0.39, 0.29) is 11.8 Å². The molecule has 16 heavy (non-hydrogen) atoms. The maximum Gasteiger partial charge on any atom is 0.137 e. The van der Waals surface area contributed by atoms with Crippen molar-refractivity contribution >= 4 is 11.9 Å². The molecule has 0 aromatic heterocycles. The number of ketones is 1. The quantitative estimate of drug-likeness (QED) is 0.744. The summed E-state index contributed by atoms with van der Waals surface area (Å²) in [5.41, 5.74) is 0.908. The maximum atomic E-state index is 10.9. The summed E-state index contributed by atoms with van der Waals surface area (Å²) in [7, 11) is 0. The number of benzene rings is 1. The third-order valence-corrected chi connectivity index (χ3v) is 2.80. The average Bonchev–Trinajstić information content (AvgIpc) is 2.23. The van der Waals surface area contributed by atoms with E-state index in [2.05, 4.69) is 0 Å². The molecule has 1 aromatic rings. The van der Waals surface area contributed by atoms with Crippen molar-refractivity contribution in [1.29, 1.82) is 0 Å². The fraction of sp³-hybridized carbons (Fsp3) is 0.333. The van der Waals surface area contributed by atoms with Gasteiger partial charge in [0.2, 0.25) is 0 Å². The van der Waals surface area contributed by atoms with E-state index in [1.165, 1.54) is 4.90 Å². The molecule has 4 heteroatoms. The van der Waals surface area contributed by atoms with Gasteiger partial charge in [0.15, 0.2) is 0 Å². The minimum Gasteiger partial charge on any atom is -0.530 e. The van der Waals surface area contributed by atoms with E-state index >= 15 is 0 Å². The van der Waals surface area contributed by atoms with Gasteiger partial charge in [0.1, 0.15) is 11.9 Å². The van der Waals surface area contributed by atoms with Crippen molar-refractivity contribution < 1.29 is 14.7 Å². The SMILES string of the molecule is O=C1CC(N(Cc2ccccc2)C(=O)[O-])C1. The van der Waals surface area contributed by atoms with Gasteiger partial charge >= 0.3 is 0 Å². The van der Waals surface area contributed by atoms with E-state index < -0.39 is 6.09 Å². The molecule has 1 saturated carbocycles. The lowest BCUT2D eigenvalue weighted by Crippen LogP contribution is -2.52. The Kier molecular flexibility index (Phi) is 2.90. The molecule has 0 saturated heterocycles. The molecule has 2 rings (SSSR count). The van der Waals surface area contributed by atoms with E-state index in [0.29, 0.717) is 19.4 Å². The number of rotatable bonds is 3. The van der Waals surface area contributed by atoms with Crippen LogP contribution in [-0.4, -0.2) is 22.8 Å². The van der Waals surface area contributed by atoms with Gasteiger partial charge in [-0.15, -0.1) is 0 Å². The molecule has 1 fully saturated rings. The van der Waals surface area contributed by atoms with Gasteiger partial charge in [-0.05, 0) is 5.56 Å². The Balaban J connectivity index is 2.04. The number of Topliss-reactive ketones (excluding diaryl/α,β-unsaturated/α-hetero) is 1. The van der Waals surface area contributed by atoms with Crippen molar-refractivity contribution in [2.75, 3.05) is 0 Å². The van der Waals surface area contributed by atoms with Gasteiger partial charge in [-0.2, -0.15) is 0 Å². The van der Waals surface area contributed by atoms with Crippen LogP contribution in [0.1, 0.15) is 18.4 Å². The second-order valence-corrected chi connectivity index (χ2v) is 3.98. The van der Waals surface area contributed by atoms with Gasteiger partial charge < -0.3 is 14.8 Å². The maximum absolute atomic E-state index is 10.9. The summed E-state index contributed by atoms with van der Waals surface area (Å²) in [5, 5.41) is 10.9. The number of carbonyl (C=O) groups is 2. The van der Waals surface area contributed by atoms with Crippen LogP contribution in [-0.2, 0) is 11.3 Å². The summed E-state index contributed by atoms with van der Waals surface area (Å²) >= 11 is 0. The molecular weight excluding hydrogens is 206 g/mol. The lowest BCUT2D eigenvalue weighted by Gasteiger charge is -2.38. The molecule has 1 aliphatic carbocycles. The van der Waals surface area contributed by atoms with Crippen LogP contribution in [0.15, 0.2) is 30.3 Å². The monoisotopic (exact) mass is 218 g/mol. The molecule has 1 aliphatic rings. The van der Waals surface area contributed by atoms with E-state index in [9.17, 15) is 14.7 Å². The Hall–Kier alpha value is -1.84. The number of hydrogen-bond donors (Lipinski definition) is 0. The lowest BCUT2D eigenvalue weighted by atomic mass is 9.90. The van der Waals surface area contributed by atoms with Gasteiger partial charge in [-0.3, -0.25) is 4.79 Å². The molecule has 4 nitrogen and oxygen atoms in total. The van der Waals surface area contributed by atoms with Crippen molar-refractivity contribution in [1.82, 2.24) is 4.90 Å². The van der Waals surface area contributed by atoms with Crippen molar-refractivity contribution in [3.63, 3.8) is 0 Å². The first-order chi connectivity index (χ1) is 7.66. The highest BCUT2D eigenvalue weighted by molar-refractivity contribution is 5.86. The zero-order valence-electron chi connectivity index (χ0n) is 8.76. The minimum absolute atomic E-state index is 0.115. The third kappa shape index (κ3) is 2.21. The van der Waals surface area contributed by atoms with Gasteiger partial charge in [0.25, 0.3) is 0 Å². The van der Waals surface area contributed by atoms with E-state index in [0.717, 1.165) is 5.56 Å². The van der Waals surface area contributed by atoms with Crippen LogP contribution >= 0.6 is 0 Å². The molecule has 1 amide bonds.